The van der Waals surface area contributed by atoms with Crippen molar-refractivity contribution in [2.24, 2.45) is 5.92 Å². The third kappa shape index (κ3) is 2.82. The number of esters is 1. The number of carbonyl (C=O) groups is 2. The highest BCUT2D eigenvalue weighted by molar-refractivity contribution is 5.80. The van der Waals surface area contributed by atoms with Gasteiger partial charge in [0.15, 0.2) is 0 Å². The first-order valence-corrected chi connectivity index (χ1v) is 7.85. The molecule has 2 rings (SSSR count). The van der Waals surface area contributed by atoms with Crippen molar-refractivity contribution in [1.29, 1.82) is 0 Å². The zero-order chi connectivity index (χ0) is 14.7. The molecule has 2 fully saturated rings. The van der Waals surface area contributed by atoms with E-state index in [1.807, 2.05) is 18.9 Å². The molecule has 2 heterocycles. The molecule has 1 amide bonds. The minimum Gasteiger partial charge on any atom is -0.466 e. The number of hydrazine groups is 1. The highest BCUT2D eigenvalue weighted by Crippen LogP contribution is 2.36. The average molecular weight is 282 g/mol. The molecule has 5 heteroatoms. The van der Waals surface area contributed by atoms with Crippen LogP contribution in [0.4, 0.5) is 0 Å². The van der Waals surface area contributed by atoms with Gasteiger partial charge in [-0.05, 0) is 26.7 Å². The third-order valence-electron chi connectivity index (χ3n) is 4.46. The molecule has 0 saturated carbocycles. The Hall–Kier alpha value is -1.10. The first kappa shape index (κ1) is 15.3. The number of hydrogen-bond donors (Lipinski definition) is 0. The number of fused-ring (bicyclic) bond motifs is 1. The van der Waals surface area contributed by atoms with E-state index in [1.165, 1.54) is 6.42 Å². The number of rotatable bonds is 6. The van der Waals surface area contributed by atoms with Crippen LogP contribution in [0.2, 0.25) is 0 Å². The van der Waals surface area contributed by atoms with E-state index in [0.29, 0.717) is 19.1 Å². The zero-order valence-electron chi connectivity index (χ0n) is 12.8. The Morgan fingerprint density at radius 1 is 1.45 bits per heavy atom. The van der Waals surface area contributed by atoms with Crippen molar-refractivity contribution in [3.05, 3.63) is 0 Å². The number of ether oxygens (including phenoxy) is 1. The van der Waals surface area contributed by atoms with Crippen LogP contribution < -0.4 is 0 Å². The molecule has 0 aromatic rings. The Morgan fingerprint density at radius 3 is 2.85 bits per heavy atom. The molecule has 0 aliphatic carbocycles. The van der Waals surface area contributed by atoms with E-state index < -0.39 is 0 Å². The van der Waals surface area contributed by atoms with Crippen LogP contribution in [-0.2, 0) is 14.3 Å². The molecule has 20 heavy (non-hydrogen) atoms. The van der Waals surface area contributed by atoms with E-state index in [4.69, 9.17) is 4.74 Å². The molecule has 0 aromatic heterocycles. The lowest BCUT2D eigenvalue weighted by Gasteiger charge is -2.29. The van der Waals surface area contributed by atoms with E-state index in [1.54, 1.807) is 0 Å². The van der Waals surface area contributed by atoms with Gasteiger partial charge in [0, 0.05) is 19.0 Å². The summed E-state index contributed by atoms with van der Waals surface area (Å²) in [5.74, 6) is -0.274. The molecule has 0 spiro atoms. The van der Waals surface area contributed by atoms with Gasteiger partial charge in [0.1, 0.15) is 0 Å². The van der Waals surface area contributed by atoms with E-state index in [2.05, 4.69) is 11.9 Å². The van der Waals surface area contributed by atoms with Crippen LogP contribution >= 0.6 is 0 Å². The molecule has 2 aliphatic rings. The van der Waals surface area contributed by atoms with Gasteiger partial charge in [-0.3, -0.25) is 14.6 Å². The van der Waals surface area contributed by atoms with Gasteiger partial charge in [0.25, 0.3) is 0 Å². The summed E-state index contributed by atoms with van der Waals surface area (Å²) in [4.78, 5) is 24.1. The lowest BCUT2D eigenvalue weighted by atomic mass is 9.94. The second-order valence-electron chi connectivity index (χ2n) is 5.79. The number of carbonyl (C=O) groups excluding carboxylic acids is 2. The quantitative estimate of drug-likeness (QED) is 0.699. The van der Waals surface area contributed by atoms with Crippen LogP contribution in [-0.4, -0.2) is 47.1 Å². The molecule has 2 aliphatic heterocycles. The van der Waals surface area contributed by atoms with Crippen molar-refractivity contribution < 1.29 is 14.3 Å². The molecule has 3 atom stereocenters. The van der Waals surface area contributed by atoms with Crippen LogP contribution in [0.5, 0.6) is 0 Å². The van der Waals surface area contributed by atoms with E-state index in [9.17, 15) is 9.59 Å². The first-order valence-electron chi connectivity index (χ1n) is 7.85. The van der Waals surface area contributed by atoms with Crippen molar-refractivity contribution in [1.82, 2.24) is 10.0 Å². The summed E-state index contributed by atoms with van der Waals surface area (Å²) in [5, 5.41) is 4.04. The van der Waals surface area contributed by atoms with E-state index in [-0.39, 0.29) is 23.8 Å². The fourth-order valence-electron chi connectivity index (χ4n) is 3.36. The summed E-state index contributed by atoms with van der Waals surface area (Å²) in [6, 6.07) is 0.384. The fourth-order valence-corrected chi connectivity index (χ4v) is 3.36. The second-order valence-corrected chi connectivity index (χ2v) is 5.79. The van der Waals surface area contributed by atoms with Crippen LogP contribution in [0, 0.1) is 5.92 Å². The number of amides is 1. The molecule has 0 aromatic carbocycles. The van der Waals surface area contributed by atoms with Crippen LogP contribution in [0.1, 0.15) is 52.9 Å². The molecule has 114 valence electrons. The Kier molecular flexibility index (Phi) is 5.02. The number of nitrogens with zero attached hydrogens (tertiary/aromatic N) is 2. The maximum atomic E-state index is 12.1. The lowest BCUT2D eigenvalue weighted by molar-refractivity contribution is -0.153. The minimum atomic E-state index is -0.244. The summed E-state index contributed by atoms with van der Waals surface area (Å²) in [5.41, 5.74) is 0. The van der Waals surface area contributed by atoms with Gasteiger partial charge in [-0.25, -0.2) is 5.01 Å². The molecule has 0 radical (unpaired) electrons. The Morgan fingerprint density at radius 2 is 2.20 bits per heavy atom. The average Bonchev–Trinajstić information content (AvgIpc) is 2.97. The van der Waals surface area contributed by atoms with Crippen molar-refractivity contribution in [3.63, 3.8) is 0 Å². The topological polar surface area (TPSA) is 49.9 Å². The molecule has 0 N–H and O–H groups in total. The fraction of sp³-hybridized carbons (Fsp3) is 0.867. The van der Waals surface area contributed by atoms with Crippen LogP contribution in [0.3, 0.4) is 0 Å². The SMILES string of the molecule is CCCC[C@H]1C[C@@H](C(C)C(=O)OCC)N2C(=O)CCN12. The van der Waals surface area contributed by atoms with E-state index in [0.717, 1.165) is 25.8 Å². The smallest absolute Gasteiger partial charge is 0.310 e. The van der Waals surface area contributed by atoms with Gasteiger partial charge in [-0.15, -0.1) is 0 Å². The summed E-state index contributed by atoms with van der Waals surface area (Å²) in [6.07, 6.45) is 4.91. The monoisotopic (exact) mass is 282 g/mol. The molecule has 5 nitrogen and oxygen atoms in total. The van der Waals surface area contributed by atoms with Gasteiger partial charge >= 0.3 is 5.97 Å². The number of unbranched alkanes of at least 4 members (excludes halogenated alkanes) is 1. The van der Waals surface area contributed by atoms with Gasteiger partial charge in [-0.1, -0.05) is 19.8 Å². The predicted molar refractivity (Wildman–Crippen MR) is 75.7 cm³/mol. The molecule has 2 saturated heterocycles. The second kappa shape index (κ2) is 6.57. The van der Waals surface area contributed by atoms with Gasteiger partial charge in [-0.2, -0.15) is 0 Å². The van der Waals surface area contributed by atoms with Gasteiger partial charge < -0.3 is 4.74 Å². The maximum Gasteiger partial charge on any atom is 0.310 e. The van der Waals surface area contributed by atoms with E-state index >= 15 is 0 Å². The number of hydrogen-bond acceptors (Lipinski definition) is 4. The Labute approximate surface area is 121 Å². The molecular weight excluding hydrogens is 256 g/mol. The molecular formula is C15H26N2O3. The predicted octanol–water partition coefficient (Wildman–Crippen LogP) is 1.97. The van der Waals surface area contributed by atoms with Crippen molar-refractivity contribution in [2.45, 2.75) is 65.0 Å². The molecule has 1 unspecified atom stereocenters. The third-order valence-corrected chi connectivity index (χ3v) is 4.46. The summed E-state index contributed by atoms with van der Waals surface area (Å²) < 4.78 is 5.12. The highest BCUT2D eigenvalue weighted by atomic mass is 16.5. The summed E-state index contributed by atoms with van der Waals surface area (Å²) in [6.45, 7) is 7.08. The summed E-state index contributed by atoms with van der Waals surface area (Å²) in [7, 11) is 0. The lowest BCUT2D eigenvalue weighted by Crippen LogP contribution is -2.44. The standard InChI is InChI=1S/C15H26N2O3/c1-4-6-7-12-10-13(11(3)15(19)20-5-2)17-14(18)8-9-16(12)17/h11-13H,4-10H2,1-3H3/t11?,12-,13-/m0/s1. The van der Waals surface area contributed by atoms with Gasteiger partial charge in [0.05, 0.1) is 18.6 Å². The van der Waals surface area contributed by atoms with Gasteiger partial charge in [0.2, 0.25) is 5.91 Å². The van der Waals surface area contributed by atoms with Crippen LogP contribution in [0.15, 0.2) is 0 Å². The summed E-state index contributed by atoms with van der Waals surface area (Å²) >= 11 is 0. The minimum absolute atomic E-state index is 0.0223. The highest BCUT2D eigenvalue weighted by Gasteiger charge is 2.48. The van der Waals surface area contributed by atoms with Crippen LogP contribution in [0.25, 0.3) is 0 Å². The molecule has 0 bridgehead atoms. The zero-order valence-corrected chi connectivity index (χ0v) is 12.8. The van der Waals surface area contributed by atoms with Crippen molar-refractivity contribution in [2.75, 3.05) is 13.2 Å². The maximum absolute atomic E-state index is 12.1. The van der Waals surface area contributed by atoms with Crippen molar-refractivity contribution >= 4 is 11.9 Å². The Bertz CT molecular complexity index is 372. The first-order chi connectivity index (χ1) is 9.60. The van der Waals surface area contributed by atoms with Crippen molar-refractivity contribution in [3.8, 4) is 0 Å². The largest absolute Gasteiger partial charge is 0.466 e. The Balaban J connectivity index is 2.08. The normalized spacial score (nSPS) is 27.8.